The average Bonchev–Trinajstić information content (AvgIpc) is 2.90. The van der Waals surface area contributed by atoms with E-state index in [1.54, 1.807) is 19.1 Å². The Hall–Kier alpha value is -2.01. The molecule has 122 valence electrons. The summed E-state index contributed by atoms with van der Waals surface area (Å²) in [5.41, 5.74) is 1.67. The molecule has 23 heavy (non-hydrogen) atoms. The normalized spacial score (nSPS) is 14.5. The van der Waals surface area contributed by atoms with E-state index in [1.807, 2.05) is 4.57 Å². The summed E-state index contributed by atoms with van der Waals surface area (Å²) in [5, 5.41) is 1.06. The zero-order valence-electron chi connectivity index (χ0n) is 13.1. The van der Waals surface area contributed by atoms with Crippen molar-refractivity contribution in [2.45, 2.75) is 32.7 Å². The molecule has 0 saturated heterocycles. The van der Waals surface area contributed by atoms with Crippen molar-refractivity contribution in [1.29, 1.82) is 0 Å². The van der Waals surface area contributed by atoms with Gasteiger partial charge in [-0.05, 0) is 31.9 Å². The van der Waals surface area contributed by atoms with Crippen molar-refractivity contribution in [2.75, 3.05) is 13.7 Å². The van der Waals surface area contributed by atoms with Gasteiger partial charge in [0, 0.05) is 23.9 Å². The zero-order chi connectivity index (χ0) is 16.6. The number of Topliss-reactive ketones (excluding diaryl/α,β-unsaturated/α-hetero) is 1. The second kappa shape index (κ2) is 6.24. The van der Waals surface area contributed by atoms with Crippen molar-refractivity contribution >= 4 is 34.3 Å². The largest absolute Gasteiger partial charge is 0.495 e. The fourth-order valence-corrected chi connectivity index (χ4v) is 3.34. The van der Waals surface area contributed by atoms with Crippen molar-refractivity contribution in [2.24, 2.45) is 0 Å². The van der Waals surface area contributed by atoms with Crippen molar-refractivity contribution < 1.29 is 19.1 Å². The lowest BCUT2D eigenvalue weighted by molar-refractivity contribution is 0.0513. The monoisotopic (exact) mass is 335 g/mol. The molecule has 0 amide bonds. The van der Waals surface area contributed by atoms with Gasteiger partial charge in [-0.25, -0.2) is 4.79 Å². The molecule has 6 heteroatoms. The molecule has 1 aliphatic heterocycles. The lowest BCUT2D eigenvalue weighted by Gasteiger charge is -2.16. The molecule has 2 aromatic rings. The van der Waals surface area contributed by atoms with Crippen LogP contribution in [0.3, 0.4) is 0 Å². The van der Waals surface area contributed by atoms with E-state index in [0.29, 0.717) is 52.5 Å². The quantitative estimate of drug-likeness (QED) is 0.799. The Morgan fingerprint density at radius 1 is 1.35 bits per heavy atom. The van der Waals surface area contributed by atoms with E-state index < -0.39 is 5.97 Å². The maximum atomic E-state index is 12.5. The molecule has 3 rings (SSSR count). The summed E-state index contributed by atoms with van der Waals surface area (Å²) in [6.07, 6.45) is 2.09. The van der Waals surface area contributed by atoms with Gasteiger partial charge in [0.05, 0.1) is 24.3 Å². The number of aryl methyl sites for hydroxylation is 1. The molecule has 0 radical (unpaired) electrons. The highest BCUT2D eigenvalue weighted by molar-refractivity contribution is 6.38. The molecule has 0 N–H and O–H groups in total. The fourth-order valence-electron chi connectivity index (χ4n) is 3.06. The number of benzene rings is 1. The van der Waals surface area contributed by atoms with Gasteiger partial charge >= 0.3 is 5.97 Å². The molecule has 0 unspecified atom stereocenters. The number of ketones is 1. The van der Waals surface area contributed by atoms with Crippen LogP contribution in [0.15, 0.2) is 12.1 Å². The van der Waals surface area contributed by atoms with Gasteiger partial charge in [-0.2, -0.15) is 0 Å². The van der Waals surface area contributed by atoms with E-state index in [-0.39, 0.29) is 5.78 Å². The first-order chi connectivity index (χ1) is 11.1. The number of nitrogens with zero attached hydrogens (tertiary/aromatic N) is 1. The number of carbonyl (C=O) groups is 2. The molecule has 0 spiro atoms. The van der Waals surface area contributed by atoms with Gasteiger partial charge in [0.1, 0.15) is 11.4 Å². The van der Waals surface area contributed by atoms with Crippen molar-refractivity contribution in [3.63, 3.8) is 0 Å². The second-order valence-electron chi connectivity index (χ2n) is 5.48. The highest BCUT2D eigenvalue weighted by atomic mass is 35.5. The molecule has 2 heterocycles. The first-order valence-corrected chi connectivity index (χ1v) is 8.06. The van der Waals surface area contributed by atoms with Crippen LogP contribution in [-0.4, -0.2) is 30.0 Å². The number of hydrogen-bond donors (Lipinski definition) is 0. The number of aromatic nitrogens is 1. The number of esters is 1. The number of carbonyl (C=O) groups excluding carboxylic acids is 2. The fraction of sp³-hybridized carbons (Fsp3) is 0.412. The SMILES string of the molecule is CCOC(=O)c1cc2c(Cl)c(OC)cc3c2n1CCCCC3=O. The zero-order valence-corrected chi connectivity index (χ0v) is 13.9. The van der Waals surface area contributed by atoms with Crippen LogP contribution in [-0.2, 0) is 11.3 Å². The minimum atomic E-state index is -0.405. The van der Waals surface area contributed by atoms with Gasteiger partial charge in [0.25, 0.3) is 0 Å². The lowest BCUT2D eigenvalue weighted by Crippen LogP contribution is -2.15. The Bertz CT molecular complexity index is 794. The van der Waals surface area contributed by atoms with Crippen LogP contribution in [0.1, 0.15) is 47.0 Å². The van der Waals surface area contributed by atoms with E-state index in [1.165, 1.54) is 7.11 Å². The highest BCUT2D eigenvalue weighted by Gasteiger charge is 2.26. The van der Waals surface area contributed by atoms with Gasteiger partial charge < -0.3 is 14.0 Å². The number of rotatable bonds is 3. The molecule has 0 fully saturated rings. The van der Waals surface area contributed by atoms with Gasteiger partial charge in [0.15, 0.2) is 5.78 Å². The molecule has 1 aromatic carbocycles. The molecular weight excluding hydrogens is 318 g/mol. The first kappa shape index (κ1) is 15.9. The smallest absolute Gasteiger partial charge is 0.354 e. The van der Waals surface area contributed by atoms with Gasteiger partial charge in [0.2, 0.25) is 0 Å². The summed E-state index contributed by atoms with van der Waals surface area (Å²) in [7, 11) is 1.51. The maximum absolute atomic E-state index is 12.5. The van der Waals surface area contributed by atoms with Crippen molar-refractivity contribution in [1.82, 2.24) is 4.57 Å². The summed E-state index contributed by atoms with van der Waals surface area (Å²) in [6, 6.07) is 3.37. The first-order valence-electron chi connectivity index (χ1n) is 7.68. The van der Waals surface area contributed by atoms with Crippen LogP contribution >= 0.6 is 11.6 Å². The van der Waals surface area contributed by atoms with Crippen LogP contribution in [0.2, 0.25) is 5.02 Å². The number of ether oxygens (including phenoxy) is 2. The van der Waals surface area contributed by atoms with Crippen LogP contribution in [0.4, 0.5) is 0 Å². The minimum absolute atomic E-state index is 0.0411. The molecule has 5 nitrogen and oxygen atoms in total. The Kier molecular flexibility index (Phi) is 4.31. The predicted molar refractivity (Wildman–Crippen MR) is 87.6 cm³/mol. The Morgan fingerprint density at radius 2 is 2.13 bits per heavy atom. The summed E-state index contributed by atoms with van der Waals surface area (Å²) in [4.78, 5) is 24.8. The third-order valence-corrected chi connectivity index (χ3v) is 4.51. The topological polar surface area (TPSA) is 57.5 Å². The molecule has 0 saturated carbocycles. The molecular formula is C17H18ClNO4. The highest BCUT2D eigenvalue weighted by Crippen LogP contribution is 2.39. The third kappa shape index (κ3) is 2.59. The standard InChI is InChI=1S/C17H18ClNO4/c1-3-23-17(21)12-8-11-15(18)14(22-2)9-10-13(20)6-4-5-7-19(12)16(10)11/h8-9H,3-7H2,1-2H3. The summed E-state index contributed by atoms with van der Waals surface area (Å²) < 4.78 is 12.3. The van der Waals surface area contributed by atoms with Crippen LogP contribution < -0.4 is 4.74 Å². The number of hydrogen-bond acceptors (Lipinski definition) is 4. The van der Waals surface area contributed by atoms with Crippen molar-refractivity contribution in [3.8, 4) is 5.75 Å². The maximum Gasteiger partial charge on any atom is 0.354 e. The lowest BCUT2D eigenvalue weighted by atomic mass is 10.0. The average molecular weight is 336 g/mol. The molecule has 0 aliphatic carbocycles. The van der Waals surface area contributed by atoms with E-state index in [0.717, 1.165) is 12.8 Å². The van der Waals surface area contributed by atoms with Gasteiger partial charge in [-0.1, -0.05) is 11.6 Å². The Labute approximate surface area is 139 Å². The number of halogens is 1. The molecule has 1 aliphatic rings. The minimum Gasteiger partial charge on any atom is -0.495 e. The second-order valence-corrected chi connectivity index (χ2v) is 5.86. The van der Waals surface area contributed by atoms with Gasteiger partial charge in [-0.15, -0.1) is 0 Å². The van der Waals surface area contributed by atoms with E-state index in [9.17, 15) is 9.59 Å². The summed E-state index contributed by atoms with van der Waals surface area (Å²) >= 11 is 6.40. The molecule has 0 bridgehead atoms. The van der Waals surface area contributed by atoms with E-state index in [4.69, 9.17) is 21.1 Å². The predicted octanol–water partition coefficient (Wildman–Crippen LogP) is 3.85. The number of methoxy groups -OCH3 is 1. The van der Waals surface area contributed by atoms with Crippen LogP contribution in [0.5, 0.6) is 5.75 Å². The van der Waals surface area contributed by atoms with Crippen LogP contribution in [0, 0.1) is 0 Å². The van der Waals surface area contributed by atoms with E-state index >= 15 is 0 Å². The molecule has 1 aromatic heterocycles. The summed E-state index contributed by atoms with van der Waals surface area (Å²) in [5.74, 6) is 0.0766. The van der Waals surface area contributed by atoms with E-state index in [2.05, 4.69) is 0 Å². The van der Waals surface area contributed by atoms with Crippen LogP contribution in [0.25, 0.3) is 10.9 Å². The Morgan fingerprint density at radius 3 is 2.83 bits per heavy atom. The Balaban J connectivity index is 2.35. The van der Waals surface area contributed by atoms with Crippen molar-refractivity contribution in [3.05, 3.63) is 28.4 Å². The summed E-state index contributed by atoms with van der Waals surface area (Å²) in [6.45, 7) is 2.71. The molecule has 0 atom stereocenters. The van der Waals surface area contributed by atoms with Gasteiger partial charge in [-0.3, -0.25) is 4.79 Å². The third-order valence-electron chi connectivity index (χ3n) is 4.12.